The van der Waals surface area contributed by atoms with E-state index < -0.39 is 0 Å². The molecule has 3 aromatic carbocycles. The van der Waals surface area contributed by atoms with Crippen LogP contribution in [-0.2, 0) is 4.74 Å². The summed E-state index contributed by atoms with van der Waals surface area (Å²) >= 11 is 6.02. The number of hydrogen-bond acceptors (Lipinski definition) is 5. The number of pyridine rings is 1. The molecule has 5 rings (SSSR count). The number of nitrogens with zero attached hydrogens (tertiary/aromatic N) is 3. The summed E-state index contributed by atoms with van der Waals surface area (Å²) in [7, 11) is 0. The first-order valence-electron chi connectivity index (χ1n) is 11.1. The van der Waals surface area contributed by atoms with Crippen LogP contribution in [-0.4, -0.2) is 43.4 Å². The van der Waals surface area contributed by atoms with E-state index >= 15 is 0 Å². The van der Waals surface area contributed by atoms with Gasteiger partial charge in [0.05, 0.1) is 36.2 Å². The molecule has 1 aromatic heterocycles. The number of hydrogen-bond donors (Lipinski definition) is 1. The number of carbonyl (C=O) groups excluding carboxylic acids is 1. The summed E-state index contributed by atoms with van der Waals surface area (Å²) in [6, 6.07) is 24.8. The second-order valence-corrected chi connectivity index (χ2v) is 8.41. The third kappa shape index (κ3) is 4.93. The Morgan fingerprint density at radius 2 is 1.74 bits per heavy atom. The number of benzene rings is 3. The zero-order chi connectivity index (χ0) is 23.3. The molecule has 1 fully saturated rings. The van der Waals surface area contributed by atoms with Crippen molar-refractivity contribution < 1.29 is 9.53 Å². The van der Waals surface area contributed by atoms with Crippen LogP contribution in [0.15, 0.2) is 84.0 Å². The van der Waals surface area contributed by atoms with Crippen LogP contribution in [0.2, 0.25) is 5.02 Å². The smallest absolute Gasteiger partial charge is 0.272 e. The van der Waals surface area contributed by atoms with Crippen molar-refractivity contribution in [3.63, 3.8) is 0 Å². The number of halogens is 1. The number of morpholine rings is 1. The lowest BCUT2D eigenvalue weighted by atomic mass is 10.0. The first kappa shape index (κ1) is 22.1. The van der Waals surface area contributed by atoms with E-state index in [1.165, 1.54) is 0 Å². The zero-order valence-corrected chi connectivity index (χ0v) is 19.2. The Labute approximate surface area is 202 Å². The third-order valence-corrected chi connectivity index (χ3v) is 6.00. The molecule has 6 nitrogen and oxygen atoms in total. The Kier molecular flexibility index (Phi) is 6.51. The van der Waals surface area contributed by atoms with Gasteiger partial charge in [-0.1, -0.05) is 54.1 Å². The zero-order valence-electron chi connectivity index (χ0n) is 18.4. The van der Waals surface area contributed by atoms with Crippen molar-refractivity contribution in [2.24, 2.45) is 5.10 Å². The summed E-state index contributed by atoms with van der Waals surface area (Å²) in [5.74, 6) is -0.296. The molecule has 0 bridgehead atoms. The topological polar surface area (TPSA) is 66.8 Å². The van der Waals surface area contributed by atoms with Crippen LogP contribution in [0.4, 0.5) is 5.69 Å². The fraction of sp³-hybridized carbons (Fsp3) is 0.148. The van der Waals surface area contributed by atoms with Gasteiger partial charge in [-0.3, -0.25) is 4.79 Å². The minimum Gasteiger partial charge on any atom is -0.378 e. The highest BCUT2D eigenvalue weighted by Gasteiger charge is 2.14. The quantitative estimate of drug-likeness (QED) is 0.323. The fourth-order valence-corrected chi connectivity index (χ4v) is 4.08. The first-order valence-corrected chi connectivity index (χ1v) is 11.5. The van der Waals surface area contributed by atoms with Crippen LogP contribution in [0, 0.1) is 0 Å². The van der Waals surface area contributed by atoms with Crippen LogP contribution >= 0.6 is 11.6 Å². The highest BCUT2D eigenvalue weighted by molar-refractivity contribution is 6.30. The Morgan fingerprint density at radius 3 is 2.50 bits per heavy atom. The molecule has 1 amide bonds. The minimum absolute atomic E-state index is 0.296. The van der Waals surface area contributed by atoms with Crippen LogP contribution in [0.5, 0.6) is 0 Å². The van der Waals surface area contributed by atoms with Crippen molar-refractivity contribution in [3.8, 4) is 11.3 Å². The molecule has 1 N–H and O–H groups in total. The molecule has 170 valence electrons. The van der Waals surface area contributed by atoms with Gasteiger partial charge in [-0.05, 0) is 42.0 Å². The average molecular weight is 471 g/mol. The standard InChI is InChI=1S/C27H23ClN4O2/c28-21-9-7-20(8-10-21)26-17-24(23-3-1-2-4-25(23)30-26)27(33)31-29-18-19-5-11-22(12-6-19)32-13-15-34-16-14-32/h1-12,17-18H,13-16H2,(H,31,33). The Morgan fingerprint density at radius 1 is 1.00 bits per heavy atom. The minimum atomic E-state index is -0.296. The van der Waals surface area contributed by atoms with Gasteiger partial charge in [0.1, 0.15) is 0 Å². The van der Waals surface area contributed by atoms with Crippen LogP contribution in [0.25, 0.3) is 22.2 Å². The van der Waals surface area contributed by atoms with E-state index in [0.29, 0.717) is 16.3 Å². The molecule has 0 spiro atoms. The molecule has 4 aromatic rings. The highest BCUT2D eigenvalue weighted by Crippen LogP contribution is 2.26. The summed E-state index contributed by atoms with van der Waals surface area (Å²) < 4.78 is 5.41. The van der Waals surface area contributed by atoms with E-state index in [9.17, 15) is 4.79 Å². The normalized spacial score (nSPS) is 14.0. The van der Waals surface area contributed by atoms with Crippen molar-refractivity contribution in [2.45, 2.75) is 0 Å². The number of hydrazone groups is 1. The number of anilines is 1. The SMILES string of the molecule is O=C(NN=Cc1ccc(N2CCOCC2)cc1)c1cc(-c2ccc(Cl)cc2)nc2ccccc12. The predicted molar refractivity (Wildman–Crippen MR) is 137 cm³/mol. The second kappa shape index (κ2) is 10.0. The number of rotatable bonds is 5. The molecule has 7 heteroatoms. The van der Waals surface area contributed by atoms with Gasteiger partial charge in [0.2, 0.25) is 0 Å². The van der Waals surface area contributed by atoms with Gasteiger partial charge in [-0.15, -0.1) is 0 Å². The van der Waals surface area contributed by atoms with Crippen LogP contribution < -0.4 is 10.3 Å². The van der Waals surface area contributed by atoms with Crippen LogP contribution in [0.3, 0.4) is 0 Å². The van der Waals surface area contributed by atoms with Gasteiger partial charge in [0, 0.05) is 34.7 Å². The number of ether oxygens (including phenoxy) is 1. The number of amides is 1. The predicted octanol–water partition coefficient (Wildman–Crippen LogP) is 5.16. The molecule has 0 saturated carbocycles. The Balaban J connectivity index is 1.35. The Hall–Kier alpha value is -3.74. The maximum atomic E-state index is 13.1. The van der Waals surface area contributed by atoms with Crippen molar-refractivity contribution in [1.29, 1.82) is 0 Å². The highest BCUT2D eigenvalue weighted by atomic mass is 35.5. The molecule has 34 heavy (non-hydrogen) atoms. The number of aromatic nitrogens is 1. The first-order chi connectivity index (χ1) is 16.7. The van der Waals surface area contributed by atoms with Crippen molar-refractivity contribution in [2.75, 3.05) is 31.2 Å². The molecule has 1 aliphatic rings. The largest absolute Gasteiger partial charge is 0.378 e. The number of nitrogens with one attached hydrogen (secondary N) is 1. The lowest BCUT2D eigenvalue weighted by Crippen LogP contribution is -2.36. The molecule has 0 aliphatic carbocycles. The Bertz CT molecular complexity index is 1330. The van der Waals surface area contributed by atoms with E-state index in [0.717, 1.165) is 54.0 Å². The molecule has 2 heterocycles. The monoisotopic (exact) mass is 470 g/mol. The van der Waals surface area contributed by atoms with E-state index in [-0.39, 0.29) is 5.91 Å². The second-order valence-electron chi connectivity index (χ2n) is 7.97. The molecule has 1 aliphatic heterocycles. The lowest BCUT2D eigenvalue weighted by Gasteiger charge is -2.28. The van der Waals surface area contributed by atoms with Crippen molar-refractivity contribution >= 4 is 40.3 Å². The molecular weight excluding hydrogens is 448 g/mol. The average Bonchev–Trinajstić information content (AvgIpc) is 2.89. The molecule has 0 unspecified atom stereocenters. The fourth-order valence-electron chi connectivity index (χ4n) is 3.95. The lowest BCUT2D eigenvalue weighted by molar-refractivity contribution is 0.0956. The van der Waals surface area contributed by atoms with Gasteiger partial charge in [-0.25, -0.2) is 10.4 Å². The van der Waals surface area contributed by atoms with E-state index in [1.54, 1.807) is 12.3 Å². The van der Waals surface area contributed by atoms with Crippen LogP contribution in [0.1, 0.15) is 15.9 Å². The van der Waals surface area contributed by atoms with Crippen molar-refractivity contribution in [3.05, 3.63) is 95.0 Å². The summed E-state index contributed by atoms with van der Waals surface area (Å²) in [5.41, 5.74) is 7.54. The summed E-state index contributed by atoms with van der Waals surface area (Å²) in [5, 5.41) is 5.60. The van der Waals surface area contributed by atoms with Gasteiger partial charge in [-0.2, -0.15) is 5.10 Å². The summed E-state index contributed by atoms with van der Waals surface area (Å²) in [4.78, 5) is 20.1. The maximum Gasteiger partial charge on any atom is 0.272 e. The number of para-hydroxylation sites is 1. The number of fused-ring (bicyclic) bond motifs is 1. The summed E-state index contributed by atoms with van der Waals surface area (Å²) in [6.07, 6.45) is 1.64. The van der Waals surface area contributed by atoms with E-state index in [4.69, 9.17) is 21.3 Å². The van der Waals surface area contributed by atoms with E-state index in [1.807, 2.05) is 60.7 Å². The van der Waals surface area contributed by atoms with Gasteiger partial charge in [0.15, 0.2) is 0 Å². The molecule has 0 radical (unpaired) electrons. The summed E-state index contributed by atoms with van der Waals surface area (Å²) in [6.45, 7) is 3.28. The molecule has 1 saturated heterocycles. The van der Waals surface area contributed by atoms with Gasteiger partial charge in [0.25, 0.3) is 5.91 Å². The maximum absolute atomic E-state index is 13.1. The van der Waals surface area contributed by atoms with Gasteiger partial charge >= 0.3 is 0 Å². The van der Waals surface area contributed by atoms with E-state index in [2.05, 4.69) is 27.6 Å². The molecular formula is C27H23ClN4O2. The third-order valence-electron chi connectivity index (χ3n) is 5.75. The van der Waals surface area contributed by atoms with Gasteiger partial charge < -0.3 is 9.64 Å². The number of carbonyl (C=O) groups is 1. The molecule has 0 atom stereocenters. The van der Waals surface area contributed by atoms with Crippen molar-refractivity contribution in [1.82, 2.24) is 10.4 Å².